The number of hydrogen-bond donors (Lipinski definition) is 0. The third-order valence-corrected chi connectivity index (χ3v) is 7.95. The molecule has 2 aliphatic heterocycles. The van der Waals surface area contributed by atoms with Gasteiger partial charge in [-0.1, -0.05) is 30.7 Å². The molecule has 2 atom stereocenters. The summed E-state index contributed by atoms with van der Waals surface area (Å²) < 4.78 is 23.8. The van der Waals surface area contributed by atoms with Crippen molar-refractivity contribution < 1.29 is 13.2 Å². The van der Waals surface area contributed by atoms with Gasteiger partial charge < -0.3 is 9.80 Å². The molecule has 2 fully saturated rings. The molecule has 0 saturated carbocycles. The number of halogens is 1. The Morgan fingerprint density at radius 1 is 1.25 bits per heavy atom. The lowest BCUT2D eigenvalue weighted by Crippen LogP contribution is -2.53. The Hall–Kier alpha value is -1.31. The summed E-state index contributed by atoms with van der Waals surface area (Å²) in [6.45, 7) is 7.60. The van der Waals surface area contributed by atoms with Gasteiger partial charge in [-0.3, -0.25) is 9.69 Å². The smallest absolute Gasteiger partial charge is 0.237 e. The standard InChI is InChI=1S/C20H30ClN3O3S/c1-3-16(2)24(17-8-13-28(26,27)15-17)20(25)14-22-9-11-23(12-10-22)19-7-5-4-6-18(19)21/h4-7,16-17H,3,8-15H2,1-2H3/t16-,17-/m1/s1. The highest BCUT2D eigenvalue weighted by Gasteiger charge is 2.37. The van der Waals surface area contributed by atoms with E-state index in [0.29, 0.717) is 13.0 Å². The van der Waals surface area contributed by atoms with E-state index in [1.165, 1.54) is 0 Å². The van der Waals surface area contributed by atoms with Gasteiger partial charge >= 0.3 is 0 Å². The topological polar surface area (TPSA) is 60.9 Å². The van der Waals surface area contributed by atoms with Crippen LogP contribution in [0.5, 0.6) is 0 Å². The van der Waals surface area contributed by atoms with Gasteiger partial charge in [0.25, 0.3) is 0 Å². The molecule has 0 aromatic heterocycles. The fourth-order valence-corrected chi connectivity index (χ4v) is 6.10. The van der Waals surface area contributed by atoms with E-state index in [4.69, 9.17) is 11.6 Å². The first-order chi connectivity index (χ1) is 13.3. The Labute approximate surface area is 173 Å². The largest absolute Gasteiger partial charge is 0.368 e. The quantitative estimate of drug-likeness (QED) is 0.697. The number of benzene rings is 1. The van der Waals surface area contributed by atoms with E-state index in [0.717, 1.165) is 43.3 Å². The molecule has 156 valence electrons. The SMILES string of the molecule is CC[C@@H](C)N(C(=O)CN1CCN(c2ccccc2Cl)CC1)[C@@H]1CCS(=O)(=O)C1. The van der Waals surface area contributed by atoms with Gasteiger partial charge in [0.1, 0.15) is 0 Å². The molecule has 0 spiro atoms. The summed E-state index contributed by atoms with van der Waals surface area (Å²) in [5, 5.41) is 0.748. The summed E-state index contributed by atoms with van der Waals surface area (Å²) in [5.41, 5.74) is 1.03. The summed E-state index contributed by atoms with van der Waals surface area (Å²) in [4.78, 5) is 19.3. The normalized spacial score (nSPS) is 23.5. The highest BCUT2D eigenvalue weighted by Crippen LogP contribution is 2.26. The molecule has 0 radical (unpaired) electrons. The second-order valence-electron chi connectivity index (χ2n) is 7.83. The van der Waals surface area contributed by atoms with Gasteiger partial charge in [-0.25, -0.2) is 8.42 Å². The van der Waals surface area contributed by atoms with Crippen molar-refractivity contribution in [2.75, 3.05) is 49.1 Å². The molecule has 0 unspecified atom stereocenters. The first-order valence-corrected chi connectivity index (χ1v) is 12.2. The predicted octanol–water partition coefficient (Wildman–Crippen LogP) is 2.28. The fraction of sp³-hybridized carbons (Fsp3) is 0.650. The van der Waals surface area contributed by atoms with Crippen LogP contribution in [0.4, 0.5) is 5.69 Å². The number of anilines is 1. The molecular weight excluding hydrogens is 398 g/mol. The van der Waals surface area contributed by atoms with Crippen molar-refractivity contribution >= 4 is 33.0 Å². The number of piperazine rings is 1. The lowest BCUT2D eigenvalue weighted by molar-refractivity contribution is -0.136. The van der Waals surface area contributed by atoms with Crippen LogP contribution in [0, 0.1) is 0 Å². The minimum atomic E-state index is -3.02. The molecule has 3 rings (SSSR count). The van der Waals surface area contributed by atoms with Crippen LogP contribution in [0.3, 0.4) is 0 Å². The van der Waals surface area contributed by atoms with Gasteiger partial charge in [-0.05, 0) is 31.9 Å². The molecule has 1 amide bonds. The van der Waals surface area contributed by atoms with Crippen molar-refractivity contribution in [1.82, 2.24) is 9.80 Å². The third kappa shape index (κ3) is 4.99. The zero-order valence-electron chi connectivity index (χ0n) is 16.7. The summed E-state index contributed by atoms with van der Waals surface area (Å²) in [7, 11) is -3.02. The Balaban J connectivity index is 1.59. The maximum atomic E-state index is 13.1. The Morgan fingerprint density at radius 2 is 1.93 bits per heavy atom. The van der Waals surface area contributed by atoms with E-state index < -0.39 is 9.84 Å². The highest BCUT2D eigenvalue weighted by atomic mass is 35.5. The average molecular weight is 428 g/mol. The number of nitrogens with zero attached hydrogens (tertiary/aromatic N) is 3. The van der Waals surface area contributed by atoms with Gasteiger partial charge in [0, 0.05) is 38.3 Å². The summed E-state index contributed by atoms with van der Waals surface area (Å²) >= 11 is 6.30. The van der Waals surface area contributed by atoms with Crippen LogP contribution in [0.1, 0.15) is 26.7 Å². The van der Waals surface area contributed by atoms with E-state index in [1.54, 1.807) is 0 Å². The van der Waals surface area contributed by atoms with Crippen molar-refractivity contribution in [3.8, 4) is 0 Å². The van der Waals surface area contributed by atoms with E-state index >= 15 is 0 Å². The van der Waals surface area contributed by atoms with E-state index in [2.05, 4.69) is 9.80 Å². The molecule has 2 aliphatic rings. The first-order valence-electron chi connectivity index (χ1n) is 10.0. The van der Waals surface area contributed by atoms with Gasteiger partial charge in [-0.15, -0.1) is 0 Å². The van der Waals surface area contributed by atoms with Gasteiger partial charge in [-0.2, -0.15) is 0 Å². The molecule has 2 heterocycles. The minimum Gasteiger partial charge on any atom is -0.368 e. The van der Waals surface area contributed by atoms with Gasteiger partial charge in [0.2, 0.25) is 5.91 Å². The summed E-state index contributed by atoms with van der Waals surface area (Å²) in [5.74, 6) is 0.334. The lowest BCUT2D eigenvalue weighted by atomic mass is 10.1. The first kappa shape index (κ1) is 21.4. The number of para-hydroxylation sites is 1. The molecule has 0 aliphatic carbocycles. The molecule has 8 heteroatoms. The predicted molar refractivity (Wildman–Crippen MR) is 114 cm³/mol. The lowest BCUT2D eigenvalue weighted by Gasteiger charge is -2.39. The average Bonchev–Trinajstić information content (AvgIpc) is 3.02. The molecule has 1 aromatic rings. The van der Waals surface area contributed by atoms with Crippen molar-refractivity contribution in [3.63, 3.8) is 0 Å². The van der Waals surface area contributed by atoms with Crippen LogP contribution >= 0.6 is 11.6 Å². The van der Waals surface area contributed by atoms with Crippen molar-refractivity contribution in [2.45, 2.75) is 38.8 Å². The number of rotatable bonds is 6. The highest BCUT2D eigenvalue weighted by molar-refractivity contribution is 7.91. The number of carbonyl (C=O) groups is 1. The monoisotopic (exact) mass is 427 g/mol. The van der Waals surface area contributed by atoms with Gasteiger partial charge in [0.15, 0.2) is 9.84 Å². The zero-order valence-corrected chi connectivity index (χ0v) is 18.3. The van der Waals surface area contributed by atoms with Crippen LogP contribution < -0.4 is 4.90 Å². The Kier molecular flexibility index (Phi) is 6.89. The fourth-order valence-electron chi connectivity index (χ4n) is 4.13. The van der Waals surface area contributed by atoms with Crippen LogP contribution in [0.15, 0.2) is 24.3 Å². The number of amides is 1. The molecular formula is C20H30ClN3O3S. The molecule has 1 aromatic carbocycles. The summed E-state index contributed by atoms with van der Waals surface area (Å²) in [6.07, 6.45) is 1.38. The van der Waals surface area contributed by atoms with Crippen LogP contribution in [0.25, 0.3) is 0 Å². The maximum Gasteiger partial charge on any atom is 0.237 e. The van der Waals surface area contributed by atoms with Gasteiger partial charge in [0.05, 0.1) is 28.8 Å². The van der Waals surface area contributed by atoms with Crippen LogP contribution in [0.2, 0.25) is 5.02 Å². The number of sulfone groups is 1. The second kappa shape index (κ2) is 9.01. The Bertz CT molecular complexity index is 794. The van der Waals surface area contributed by atoms with E-state index in [1.807, 2.05) is 43.0 Å². The summed E-state index contributed by atoms with van der Waals surface area (Å²) in [6, 6.07) is 7.69. The molecule has 0 bridgehead atoms. The molecule has 28 heavy (non-hydrogen) atoms. The van der Waals surface area contributed by atoms with E-state index in [-0.39, 0.29) is 29.5 Å². The van der Waals surface area contributed by atoms with Crippen molar-refractivity contribution in [2.24, 2.45) is 0 Å². The molecule has 0 N–H and O–H groups in total. The van der Waals surface area contributed by atoms with Crippen LogP contribution in [-0.2, 0) is 14.6 Å². The molecule has 6 nitrogen and oxygen atoms in total. The molecule has 2 saturated heterocycles. The maximum absolute atomic E-state index is 13.1. The zero-order chi connectivity index (χ0) is 20.3. The number of carbonyl (C=O) groups excluding carboxylic acids is 1. The minimum absolute atomic E-state index is 0.0441. The van der Waals surface area contributed by atoms with Crippen LogP contribution in [-0.4, -0.2) is 80.4 Å². The number of hydrogen-bond acceptors (Lipinski definition) is 5. The Morgan fingerprint density at radius 3 is 2.50 bits per heavy atom. The third-order valence-electron chi connectivity index (χ3n) is 5.88. The van der Waals surface area contributed by atoms with Crippen molar-refractivity contribution in [1.29, 1.82) is 0 Å². The second-order valence-corrected chi connectivity index (χ2v) is 10.5. The van der Waals surface area contributed by atoms with Crippen molar-refractivity contribution in [3.05, 3.63) is 29.3 Å². The van der Waals surface area contributed by atoms with E-state index in [9.17, 15) is 13.2 Å².